The van der Waals surface area contributed by atoms with Crippen LogP contribution in [0.15, 0.2) is 95.5 Å². The highest BCUT2D eigenvalue weighted by Crippen LogP contribution is 2.41. The van der Waals surface area contributed by atoms with Crippen LogP contribution in [0.1, 0.15) is 67.3 Å². The van der Waals surface area contributed by atoms with Gasteiger partial charge >= 0.3 is 5.97 Å². The van der Waals surface area contributed by atoms with Gasteiger partial charge in [-0.05, 0) is 103 Å². The lowest BCUT2D eigenvalue weighted by atomic mass is 9.91. The Morgan fingerprint density at radius 1 is 0.903 bits per heavy atom. The first-order valence-corrected chi connectivity index (χ1v) is 20.6. The molecule has 15 heteroatoms. The number of aromatic nitrogens is 2. The van der Waals surface area contributed by atoms with Crippen LogP contribution < -0.4 is 24.3 Å². The Morgan fingerprint density at radius 2 is 1.68 bits per heavy atom. The molecule has 0 saturated heterocycles. The SMILES string of the molecule is Cc1nc(C(=O)N2Cc3cc4c(cc3C[C@H]2C(=O)NC(Cc2ccc(Oc3ccnc(C)c3C)cc2)C(=O)O)OC[C@H](c2cccc(OCc3ccc(Cl)c(Cl)c3)c2)O4)c(C)o1. The molecule has 13 nitrogen and oxygen atoms in total. The molecule has 0 saturated carbocycles. The van der Waals surface area contributed by atoms with Crippen molar-refractivity contribution < 1.29 is 42.9 Å². The van der Waals surface area contributed by atoms with E-state index in [-0.39, 0.29) is 38.3 Å². The number of carbonyl (C=O) groups excluding carboxylic acids is 2. The molecule has 0 aliphatic carbocycles. The van der Waals surface area contributed by atoms with Crippen LogP contribution in [0.2, 0.25) is 10.0 Å². The number of nitrogens with zero attached hydrogens (tertiary/aromatic N) is 3. The first kappa shape index (κ1) is 42.1. The Balaban J connectivity index is 0.994. The van der Waals surface area contributed by atoms with Gasteiger partial charge in [-0.2, -0.15) is 0 Å². The van der Waals surface area contributed by atoms with Gasteiger partial charge in [-0.25, -0.2) is 9.78 Å². The molecule has 4 heterocycles. The molecule has 0 spiro atoms. The van der Waals surface area contributed by atoms with Crippen molar-refractivity contribution in [3.63, 3.8) is 0 Å². The Labute approximate surface area is 367 Å². The van der Waals surface area contributed by atoms with Gasteiger partial charge in [0.1, 0.15) is 48.3 Å². The molecule has 2 amide bonds. The summed E-state index contributed by atoms with van der Waals surface area (Å²) in [4.78, 5) is 51.0. The fourth-order valence-corrected chi connectivity index (χ4v) is 7.80. The molecule has 0 fully saturated rings. The molecule has 2 N–H and O–H groups in total. The van der Waals surface area contributed by atoms with E-state index in [1.54, 1.807) is 62.5 Å². The zero-order valence-corrected chi connectivity index (χ0v) is 35.8. The molecule has 3 atom stereocenters. The monoisotopic (exact) mass is 876 g/mol. The summed E-state index contributed by atoms with van der Waals surface area (Å²) in [6, 6.07) is 22.9. The number of pyridine rings is 1. The first-order chi connectivity index (χ1) is 29.8. The number of ether oxygens (including phenoxy) is 4. The number of aryl methyl sites for hydroxylation is 3. The van der Waals surface area contributed by atoms with Crippen molar-refractivity contribution in [3.05, 3.63) is 158 Å². The second-order valence-electron chi connectivity index (χ2n) is 15.3. The van der Waals surface area contributed by atoms with Crippen molar-refractivity contribution in [1.82, 2.24) is 20.2 Å². The first-order valence-electron chi connectivity index (χ1n) is 19.9. The molecule has 62 heavy (non-hydrogen) atoms. The molecule has 318 valence electrons. The predicted octanol–water partition coefficient (Wildman–Crippen LogP) is 8.87. The number of benzene rings is 4. The normalized spacial score (nSPS) is 15.9. The van der Waals surface area contributed by atoms with E-state index >= 15 is 0 Å². The minimum atomic E-state index is -1.30. The third-order valence-electron chi connectivity index (χ3n) is 11.0. The Kier molecular flexibility index (Phi) is 12.1. The number of hydrogen-bond donors (Lipinski definition) is 2. The van der Waals surface area contributed by atoms with Crippen LogP contribution >= 0.6 is 23.2 Å². The summed E-state index contributed by atoms with van der Waals surface area (Å²) < 4.78 is 30.4. The van der Waals surface area contributed by atoms with Crippen LogP contribution in [0.25, 0.3) is 0 Å². The summed E-state index contributed by atoms with van der Waals surface area (Å²) in [5, 5.41) is 13.9. The molecule has 2 aliphatic heterocycles. The highest BCUT2D eigenvalue weighted by atomic mass is 35.5. The number of aliphatic carboxylic acids is 1. The Bertz CT molecular complexity index is 2690. The van der Waals surface area contributed by atoms with Gasteiger partial charge in [0.2, 0.25) is 5.91 Å². The van der Waals surface area contributed by atoms with Crippen LogP contribution in [0.3, 0.4) is 0 Å². The maximum atomic E-state index is 14.2. The van der Waals surface area contributed by atoms with Gasteiger partial charge in [0.05, 0.1) is 10.0 Å². The summed E-state index contributed by atoms with van der Waals surface area (Å²) >= 11 is 12.2. The number of halogens is 2. The molecule has 8 rings (SSSR count). The highest BCUT2D eigenvalue weighted by molar-refractivity contribution is 6.42. The summed E-state index contributed by atoms with van der Waals surface area (Å²) in [5.74, 6) is 1.03. The van der Waals surface area contributed by atoms with Crippen molar-refractivity contribution in [1.29, 1.82) is 0 Å². The van der Waals surface area contributed by atoms with Gasteiger partial charge in [-0.1, -0.05) is 53.5 Å². The molecular weight excluding hydrogens is 835 g/mol. The number of rotatable bonds is 12. The van der Waals surface area contributed by atoms with Gasteiger partial charge in [0.15, 0.2) is 29.2 Å². The quantitative estimate of drug-likeness (QED) is 0.121. The van der Waals surface area contributed by atoms with Gasteiger partial charge in [-0.15, -0.1) is 0 Å². The zero-order chi connectivity index (χ0) is 43.7. The van der Waals surface area contributed by atoms with Crippen LogP contribution in [0.4, 0.5) is 0 Å². The lowest BCUT2D eigenvalue weighted by Gasteiger charge is -2.37. The number of carbonyl (C=O) groups is 3. The smallest absolute Gasteiger partial charge is 0.326 e. The molecule has 0 radical (unpaired) electrons. The summed E-state index contributed by atoms with van der Waals surface area (Å²) in [7, 11) is 0. The lowest BCUT2D eigenvalue weighted by molar-refractivity contribution is -0.142. The van der Waals surface area contributed by atoms with Crippen LogP contribution in [0, 0.1) is 27.7 Å². The molecule has 2 aromatic heterocycles. The van der Waals surface area contributed by atoms with E-state index in [9.17, 15) is 19.5 Å². The maximum absolute atomic E-state index is 14.2. The van der Waals surface area contributed by atoms with Gasteiger partial charge < -0.3 is 38.7 Å². The predicted molar refractivity (Wildman–Crippen MR) is 229 cm³/mol. The number of amides is 2. The van der Waals surface area contributed by atoms with Crippen LogP contribution in [-0.4, -0.2) is 56.4 Å². The second kappa shape index (κ2) is 17.8. The van der Waals surface area contributed by atoms with E-state index in [4.69, 9.17) is 46.6 Å². The number of oxazole rings is 1. The molecule has 4 aromatic carbocycles. The molecule has 0 bridgehead atoms. The van der Waals surface area contributed by atoms with Crippen molar-refractivity contribution in [2.24, 2.45) is 0 Å². The number of carboxylic acid groups (broad SMARTS) is 1. The third-order valence-corrected chi connectivity index (χ3v) is 11.7. The summed E-state index contributed by atoms with van der Waals surface area (Å²) in [6.45, 7) is 7.58. The average Bonchev–Trinajstić information content (AvgIpc) is 3.61. The number of fused-ring (bicyclic) bond motifs is 2. The molecule has 6 aromatic rings. The van der Waals surface area contributed by atoms with Gasteiger partial charge in [0, 0.05) is 43.8 Å². The van der Waals surface area contributed by atoms with E-state index < -0.39 is 36.0 Å². The van der Waals surface area contributed by atoms with E-state index in [2.05, 4.69) is 15.3 Å². The standard InChI is InChI=1S/C47H42Cl2N4O9/c1-25-26(2)50-15-14-40(25)61-34-11-8-29(9-12-34)17-38(47(56)57)52-45(54)39-19-32-20-41-42(21-33(32)22-53(39)46(55)44-27(3)60-28(4)51-44)62-43(24-59-41)31-6-5-7-35(18-31)58-23-30-10-13-36(48)37(49)16-30/h5-16,18,20-21,38-39,43H,17,19,22-24H2,1-4H3,(H,52,54)(H,56,57)/t38?,39-,43+/m0/s1. The molecule has 1 unspecified atom stereocenters. The van der Waals surface area contributed by atoms with Crippen molar-refractivity contribution >= 4 is 41.0 Å². The third kappa shape index (κ3) is 9.19. The van der Waals surface area contributed by atoms with Crippen molar-refractivity contribution in [2.75, 3.05) is 6.61 Å². The van der Waals surface area contributed by atoms with Gasteiger partial charge in [0.25, 0.3) is 5.91 Å². The van der Waals surface area contributed by atoms with E-state index in [1.807, 2.05) is 56.3 Å². The average molecular weight is 878 g/mol. The maximum Gasteiger partial charge on any atom is 0.326 e. The van der Waals surface area contributed by atoms with Gasteiger partial charge in [-0.3, -0.25) is 14.6 Å². The minimum Gasteiger partial charge on any atom is -0.489 e. The number of nitrogens with one attached hydrogen (secondary N) is 1. The van der Waals surface area contributed by atoms with E-state index in [1.165, 1.54) is 4.90 Å². The highest BCUT2D eigenvalue weighted by Gasteiger charge is 2.39. The molecule has 2 aliphatic rings. The second-order valence-corrected chi connectivity index (χ2v) is 16.1. The van der Waals surface area contributed by atoms with Crippen molar-refractivity contribution in [3.8, 4) is 28.7 Å². The fourth-order valence-electron chi connectivity index (χ4n) is 7.48. The zero-order valence-electron chi connectivity index (χ0n) is 34.2. The van der Waals surface area contributed by atoms with Crippen molar-refractivity contribution in [2.45, 2.75) is 71.9 Å². The summed E-state index contributed by atoms with van der Waals surface area (Å²) in [6.07, 6.45) is 1.26. The van der Waals surface area contributed by atoms with Crippen LogP contribution in [0.5, 0.6) is 28.7 Å². The molecular formula is C47H42Cl2N4O9. The van der Waals surface area contributed by atoms with Crippen LogP contribution in [-0.2, 0) is 35.6 Å². The Hall–Kier alpha value is -6.57. The topological polar surface area (TPSA) is 163 Å². The largest absolute Gasteiger partial charge is 0.489 e. The number of hydrogen-bond acceptors (Lipinski definition) is 10. The Morgan fingerprint density at radius 3 is 2.42 bits per heavy atom. The number of carboxylic acids is 1. The summed E-state index contributed by atoms with van der Waals surface area (Å²) in [5.41, 5.74) is 5.67. The minimum absolute atomic E-state index is 0.00657. The van der Waals surface area contributed by atoms with E-state index in [0.717, 1.165) is 33.5 Å². The van der Waals surface area contributed by atoms with E-state index in [0.29, 0.717) is 56.0 Å². The lowest BCUT2D eigenvalue weighted by Crippen LogP contribution is -2.56. The fraction of sp³-hybridized carbons (Fsp3) is 0.255.